The molecule has 142 valence electrons. The minimum atomic E-state index is 0.167. The highest BCUT2D eigenvalue weighted by Gasteiger charge is 2.29. The van der Waals surface area contributed by atoms with Crippen molar-refractivity contribution in [3.05, 3.63) is 77.6 Å². The van der Waals surface area contributed by atoms with Crippen molar-refractivity contribution in [1.82, 2.24) is 15.3 Å². The molecule has 6 nitrogen and oxygen atoms in total. The van der Waals surface area contributed by atoms with Crippen LogP contribution in [0.4, 0.5) is 17.3 Å². The van der Waals surface area contributed by atoms with E-state index in [0.29, 0.717) is 6.61 Å². The second kappa shape index (κ2) is 7.58. The number of fused-ring (bicyclic) bond motifs is 1. The summed E-state index contributed by atoms with van der Waals surface area (Å²) >= 11 is 0. The van der Waals surface area contributed by atoms with Crippen molar-refractivity contribution in [2.75, 3.05) is 23.5 Å². The maximum Gasteiger partial charge on any atom is 0.158 e. The zero-order chi connectivity index (χ0) is 18.8. The van der Waals surface area contributed by atoms with E-state index in [1.165, 1.54) is 16.7 Å². The molecule has 1 atom stereocenters. The monoisotopic (exact) mass is 373 g/mol. The normalized spacial score (nSPS) is 18.7. The molecule has 1 saturated heterocycles. The van der Waals surface area contributed by atoms with Crippen LogP contribution in [-0.2, 0) is 17.8 Å². The van der Waals surface area contributed by atoms with Gasteiger partial charge in [-0.2, -0.15) is 0 Å². The number of hydrogen-bond acceptors (Lipinski definition) is 6. The molecule has 2 aliphatic rings. The molecule has 0 aliphatic carbocycles. The van der Waals surface area contributed by atoms with Gasteiger partial charge in [-0.15, -0.1) is 0 Å². The predicted molar refractivity (Wildman–Crippen MR) is 109 cm³/mol. The Kier molecular flexibility index (Phi) is 4.64. The number of nitrogens with one attached hydrogen (secondary N) is 2. The van der Waals surface area contributed by atoms with Crippen LogP contribution in [0.3, 0.4) is 0 Å². The lowest BCUT2D eigenvalue weighted by Gasteiger charge is -2.24. The van der Waals surface area contributed by atoms with E-state index < -0.39 is 0 Å². The summed E-state index contributed by atoms with van der Waals surface area (Å²) in [5.74, 6) is 1.53. The third-order valence-corrected chi connectivity index (χ3v) is 5.33. The molecule has 1 fully saturated rings. The van der Waals surface area contributed by atoms with Crippen molar-refractivity contribution >= 4 is 17.3 Å². The molecule has 0 unspecified atom stereocenters. The lowest BCUT2D eigenvalue weighted by atomic mass is 10.0. The fourth-order valence-electron chi connectivity index (χ4n) is 3.91. The molecule has 2 aliphatic heterocycles. The molecule has 1 aromatic heterocycles. The fraction of sp³-hybridized carbons (Fsp3) is 0.273. The third kappa shape index (κ3) is 3.44. The van der Waals surface area contributed by atoms with Crippen molar-refractivity contribution in [1.29, 1.82) is 0 Å². The molecule has 0 bridgehead atoms. The van der Waals surface area contributed by atoms with Crippen LogP contribution in [0, 0.1) is 0 Å². The van der Waals surface area contributed by atoms with Gasteiger partial charge in [-0.3, -0.25) is 4.84 Å². The molecule has 0 spiro atoms. The number of benzene rings is 2. The van der Waals surface area contributed by atoms with Gasteiger partial charge in [-0.1, -0.05) is 36.4 Å². The van der Waals surface area contributed by atoms with Gasteiger partial charge < -0.3 is 10.6 Å². The molecular weight excluding hydrogens is 350 g/mol. The van der Waals surface area contributed by atoms with Crippen LogP contribution < -0.4 is 15.7 Å². The highest BCUT2D eigenvalue weighted by atomic mass is 16.7. The van der Waals surface area contributed by atoms with E-state index in [0.717, 1.165) is 43.3 Å². The van der Waals surface area contributed by atoms with E-state index in [-0.39, 0.29) is 6.04 Å². The Morgan fingerprint density at radius 2 is 1.96 bits per heavy atom. The van der Waals surface area contributed by atoms with Crippen LogP contribution in [0.5, 0.6) is 0 Å². The second-order valence-electron chi connectivity index (χ2n) is 7.17. The molecular formula is C22H23N5O. The van der Waals surface area contributed by atoms with Crippen molar-refractivity contribution in [3.63, 3.8) is 0 Å². The topological polar surface area (TPSA) is 62.3 Å². The molecule has 0 amide bonds. The highest BCUT2D eigenvalue weighted by Crippen LogP contribution is 2.34. The summed E-state index contributed by atoms with van der Waals surface area (Å²) in [6.07, 6.45) is 3.58. The molecule has 0 saturated carbocycles. The van der Waals surface area contributed by atoms with Gasteiger partial charge in [0.2, 0.25) is 0 Å². The molecule has 3 aromatic rings. The molecule has 3 heterocycles. The summed E-state index contributed by atoms with van der Waals surface area (Å²) in [5, 5.41) is 8.73. The molecule has 0 radical (unpaired) electrons. The van der Waals surface area contributed by atoms with Gasteiger partial charge in [0.05, 0.1) is 12.6 Å². The van der Waals surface area contributed by atoms with Crippen LogP contribution in [0.25, 0.3) is 0 Å². The molecule has 28 heavy (non-hydrogen) atoms. The standard InChI is InChI=1S/C22H23N5O/c1-2-4-16(5-3-1)20-9-11-28-27(20)22-13-21(24-15-25-22)26-19-7-6-18-14-23-10-8-17(18)12-19/h1-7,12-13,15,20,23H,8-11,14H2,(H,24,25,26)/t20-/m1/s1. The Bertz CT molecular complexity index is 962. The molecule has 2 aromatic carbocycles. The van der Waals surface area contributed by atoms with E-state index in [4.69, 9.17) is 4.84 Å². The van der Waals surface area contributed by atoms with Crippen LogP contribution in [0.1, 0.15) is 29.2 Å². The number of aromatic nitrogens is 2. The second-order valence-corrected chi connectivity index (χ2v) is 7.17. The van der Waals surface area contributed by atoms with Crippen LogP contribution in [0.15, 0.2) is 60.9 Å². The molecule has 2 N–H and O–H groups in total. The minimum Gasteiger partial charge on any atom is -0.340 e. The first-order valence-corrected chi connectivity index (χ1v) is 9.75. The molecule has 5 rings (SSSR count). The van der Waals surface area contributed by atoms with Crippen molar-refractivity contribution in [3.8, 4) is 0 Å². The van der Waals surface area contributed by atoms with Crippen LogP contribution >= 0.6 is 0 Å². The average Bonchev–Trinajstić information content (AvgIpc) is 3.25. The smallest absolute Gasteiger partial charge is 0.158 e. The summed E-state index contributed by atoms with van der Waals surface area (Å²) in [7, 11) is 0. The van der Waals surface area contributed by atoms with Gasteiger partial charge in [0.15, 0.2) is 5.82 Å². The average molecular weight is 373 g/mol. The van der Waals surface area contributed by atoms with E-state index in [1.54, 1.807) is 6.33 Å². The van der Waals surface area contributed by atoms with Crippen LogP contribution in [0.2, 0.25) is 0 Å². The van der Waals surface area contributed by atoms with E-state index in [1.807, 2.05) is 17.2 Å². The maximum absolute atomic E-state index is 5.89. The summed E-state index contributed by atoms with van der Waals surface area (Å²) in [6, 6.07) is 19.0. The first-order valence-electron chi connectivity index (χ1n) is 9.75. The predicted octanol–water partition coefficient (Wildman–Crippen LogP) is 3.75. The van der Waals surface area contributed by atoms with E-state index in [9.17, 15) is 0 Å². The Labute approximate surface area is 164 Å². The van der Waals surface area contributed by atoms with Gasteiger partial charge >= 0.3 is 0 Å². The Morgan fingerprint density at radius 1 is 1.04 bits per heavy atom. The summed E-state index contributed by atoms with van der Waals surface area (Å²) in [4.78, 5) is 14.7. The summed E-state index contributed by atoms with van der Waals surface area (Å²) in [6.45, 7) is 2.66. The Balaban J connectivity index is 1.38. The number of rotatable bonds is 4. The fourth-order valence-corrected chi connectivity index (χ4v) is 3.91. The number of nitrogens with zero attached hydrogens (tertiary/aromatic N) is 3. The lowest BCUT2D eigenvalue weighted by Crippen LogP contribution is -2.23. The summed E-state index contributed by atoms with van der Waals surface area (Å²) < 4.78 is 0. The first-order chi connectivity index (χ1) is 13.9. The van der Waals surface area contributed by atoms with Gasteiger partial charge in [-0.25, -0.2) is 15.0 Å². The maximum atomic E-state index is 5.89. The minimum absolute atomic E-state index is 0.167. The van der Waals surface area contributed by atoms with Crippen LogP contribution in [-0.4, -0.2) is 23.1 Å². The van der Waals surface area contributed by atoms with Gasteiger partial charge in [-0.05, 0) is 41.8 Å². The van der Waals surface area contributed by atoms with Gasteiger partial charge in [0.1, 0.15) is 12.1 Å². The van der Waals surface area contributed by atoms with E-state index >= 15 is 0 Å². The van der Waals surface area contributed by atoms with Crippen molar-refractivity contribution < 1.29 is 4.84 Å². The zero-order valence-electron chi connectivity index (χ0n) is 15.6. The Morgan fingerprint density at radius 3 is 2.89 bits per heavy atom. The SMILES string of the molecule is c1ccc([C@H]2CCON2c2cc(Nc3ccc4c(c3)CCNC4)ncn2)cc1. The number of hydroxylamine groups is 1. The largest absolute Gasteiger partial charge is 0.340 e. The van der Waals surface area contributed by atoms with Crippen molar-refractivity contribution in [2.24, 2.45) is 0 Å². The third-order valence-electron chi connectivity index (χ3n) is 5.33. The zero-order valence-corrected chi connectivity index (χ0v) is 15.6. The highest BCUT2D eigenvalue weighted by molar-refractivity contribution is 5.61. The number of hydrogen-bond donors (Lipinski definition) is 2. The van der Waals surface area contributed by atoms with E-state index in [2.05, 4.69) is 63.1 Å². The lowest BCUT2D eigenvalue weighted by molar-refractivity contribution is 0.157. The quantitative estimate of drug-likeness (QED) is 0.726. The Hall–Kier alpha value is -2.96. The summed E-state index contributed by atoms with van der Waals surface area (Å²) in [5.41, 5.74) is 5.05. The van der Waals surface area contributed by atoms with Gasteiger partial charge in [0.25, 0.3) is 0 Å². The number of anilines is 3. The van der Waals surface area contributed by atoms with Crippen molar-refractivity contribution in [2.45, 2.75) is 25.4 Å². The first kappa shape index (κ1) is 17.2. The molecule has 6 heteroatoms. The van der Waals surface area contributed by atoms with Gasteiger partial charge in [0, 0.05) is 24.7 Å².